The second kappa shape index (κ2) is 3.95. The van der Waals surface area contributed by atoms with E-state index in [1.54, 1.807) is 12.1 Å². The molecule has 0 saturated heterocycles. The summed E-state index contributed by atoms with van der Waals surface area (Å²) < 4.78 is 15.4. The Bertz CT molecular complexity index is 234. The summed E-state index contributed by atoms with van der Waals surface area (Å²) in [6.07, 6.45) is 0. The van der Waals surface area contributed by atoms with Crippen LogP contribution in [-0.2, 0) is 6.54 Å². The molecule has 11 heavy (non-hydrogen) atoms. The molecule has 1 aromatic rings. The van der Waals surface area contributed by atoms with Gasteiger partial charge in [0.15, 0.2) is 0 Å². The molecule has 0 amide bonds. The number of nitrogens with one attached hydrogen (secondary N) is 1. The SMILES string of the molecule is Fc1cccc(Cl)c1CNS. The van der Waals surface area contributed by atoms with Gasteiger partial charge in [0.05, 0.1) is 0 Å². The molecule has 0 atom stereocenters. The Labute approximate surface area is 75.1 Å². The number of rotatable bonds is 2. The maximum atomic E-state index is 12.9. The van der Waals surface area contributed by atoms with Crippen LogP contribution >= 0.6 is 24.4 Å². The standard InChI is InChI=1S/C7H7ClFNS/c8-6-2-1-3-7(9)5(6)4-10-11/h1-3,10-11H,4H2. The number of benzene rings is 1. The third-order valence-electron chi connectivity index (χ3n) is 1.32. The van der Waals surface area contributed by atoms with Gasteiger partial charge in [0.1, 0.15) is 5.82 Å². The Morgan fingerprint density at radius 3 is 2.82 bits per heavy atom. The molecule has 0 aromatic heterocycles. The van der Waals surface area contributed by atoms with E-state index >= 15 is 0 Å². The van der Waals surface area contributed by atoms with Crippen LogP contribution in [-0.4, -0.2) is 0 Å². The van der Waals surface area contributed by atoms with Gasteiger partial charge in [-0.15, -0.1) is 0 Å². The average molecular weight is 192 g/mol. The topological polar surface area (TPSA) is 12.0 Å². The third kappa shape index (κ3) is 2.09. The lowest BCUT2D eigenvalue weighted by molar-refractivity contribution is 0.608. The quantitative estimate of drug-likeness (QED) is 0.685. The second-order valence-electron chi connectivity index (χ2n) is 2.04. The van der Waals surface area contributed by atoms with E-state index in [0.29, 0.717) is 17.1 Å². The van der Waals surface area contributed by atoms with Gasteiger partial charge in [-0.3, -0.25) is 4.72 Å². The molecule has 0 spiro atoms. The van der Waals surface area contributed by atoms with Crippen molar-refractivity contribution in [1.29, 1.82) is 0 Å². The molecule has 60 valence electrons. The first-order valence-corrected chi connectivity index (χ1v) is 3.88. The van der Waals surface area contributed by atoms with E-state index in [1.165, 1.54) is 6.07 Å². The molecule has 0 aliphatic rings. The average Bonchev–Trinajstić information content (AvgIpc) is 1.97. The minimum Gasteiger partial charge on any atom is -0.262 e. The van der Waals surface area contributed by atoms with Gasteiger partial charge in [0, 0.05) is 17.1 Å². The van der Waals surface area contributed by atoms with Crippen LogP contribution in [0.5, 0.6) is 0 Å². The van der Waals surface area contributed by atoms with Crippen LogP contribution in [0.25, 0.3) is 0 Å². The minimum absolute atomic E-state index is 0.306. The lowest BCUT2D eigenvalue weighted by atomic mass is 10.2. The van der Waals surface area contributed by atoms with E-state index in [-0.39, 0.29) is 5.82 Å². The van der Waals surface area contributed by atoms with E-state index in [2.05, 4.69) is 17.5 Å². The van der Waals surface area contributed by atoms with Gasteiger partial charge in [-0.2, -0.15) is 0 Å². The summed E-state index contributed by atoms with van der Waals surface area (Å²) in [5.41, 5.74) is 0.448. The van der Waals surface area contributed by atoms with Crippen LogP contribution < -0.4 is 4.72 Å². The molecule has 1 aromatic carbocycles. The molecular formula is C7H7ClFNS. The number of hydrogen-bond donors (Lipinski definition) is 2. The predicted octanol–water partition coefficient (Wildman–Crippen LogP) is 2.41. The maximum Gasteiger partial charge on any atom is 0.129 e. The van der Waals surface area contributed by atoms with Crippen molar-refractivity contribution in [2.24, 2.45) is 0 Å². The van der Waals surface area contributed by atoms with Crippen molar-refractivity contribution >= 4 is 24.4 Å². The number of thiol groups is 1. The molecule has 0 radical (unpaired) electrons. The van der Waals surface area contributed by atoms with Gasteiger partial charge in [-0.25, -0.2) is 4.39 Å². The number of hydrogen-bond acceptors (Lipinski definition) is 2. The van der Waals surface area contributed by atoms with E-state index in [9.17, 15) is 4.39 Å². The monoisotopic (exact) mass is 191 g/mol. The smallest absolute Gasteiger partial charge is 0.129 e. The van der Waals surface area contributed by atoms with E-state index in [0.717, 1.165) is 0 Å². The van der Waals surface area contributed by atoms with Crippen LogP contribution in [0.3, 0.4) is 0 Å². The van der Waals surface area contributed by atoms with Crippen LogP contribution in [0.4, 0.5) is 4.39 Å². The highest BCUT2D eigenvalue weighted by Gasteiger charge is 2.04. The molecule has 0 unspecified atom stereocenters. The van der Waals surface area contributed by atoms with Crippen molar-refractivity contribution in [3.63, 3.8) is 0 Å². The number of halogens is 2. The first-order chi connectivity index (χ1) is 5.25. The molecule has 1 nitrogen and oxygen atoms in total. The summed E-state index contributed by atoms with van der Waals surface area (Å²) in [5.74, 6) is -0.306. The fourth-order valence-corrected chi connectivity index (χ4v) is 1.17. The molecular weight excluding hydrogens is 185 g/mol. The summed E-state index contributed by atoms with van der Waals surface area (Å²) in [5, 5.41) is 0.423. The highest BCUT2D eigenvalue weighted by Crippen LogP contribution is 2.18. The van der Waals surface area contributed by atoms with Crippen LogP contribution in [0, 0.1) is 5.82 Å². The first kappa shape index (κ1) is 8.84. The summed E-state index contributed by atoms with van der Waals surface area (Å²) in [4.78, 5) is 0. The molecule has 0 saturated carbocycles. The minimum atomic E-state index is -0.306. The van der Waals surface area contributed by atoms with Gasteiger partial charge in [-0.05, 0) is 12.1 Å². The lowest BCUT2D eigenvalue weighted by Crippen LogP contribution is -2.01. The molecule has 0 fully saturated rings. The molecule has 0 aliphatic carbocycles. The second-order valence-corrected chi connectivity index (χ2v) is 2.76. The first-order valence-electron chi connectivity index (χ1n) is 3.05. The molecule has 0 heterocycles. The zero-order valence-corrected chi connectivity index (χ0v) is 7.29. The van der Waals surface area contributed by atoms with Crippen molar-refractivity contribution in [2.45, 2.75) is 6.54 Å². The maximum absolute atomic E-state index is 12.9. The molecule has 4 heteroatoms. The third-order valence-corrected chi connectivity index (χ3v) is 1.83. The van der Waals surface area contributed by atoms with E-state index < -0.39 is 0 Å². The molecule has 0 bridgehead atoms. The van der Waals surface area contributed by atoms with Crippen molar-refractivity contribution in [1.82, 2.24) is 4.72 Å². The van der Waals surface area contributed by atoms with E-state index in [4.69, 9.17) is 11.6 Å². The highest BCUT2D eigenvalue weighted by atomic mass is 35.5. The molecule has 1 rings (SSSR count). The molecule has 1 N–H and O–H groups in total. The van der Waals surface area contributed by atoms with Crippen molar-refractivity contribution in [3.05, 3.63) is 34.6 Å². The van der Waals surface area contributed by atoms with Crippen molar-refractivity contribution in [2.75, 3.05) is 0 Å². The predicted molar refractivity (Wildman–Crippen MR) is 47.2 cm³/mol. The Hall–Kier alpha value is -0.250. The van der Waals surface area contributed by atoms with Gasteiger partial charge >= 0.3 is 0 Å². The Kier molecular flexibility index (Phi) is 3.17. The summed E-state index contributed by atoms with van der Waals surface area (Å²) >= 11 is 9.45. The normalized spacial score (nSPS) is 10.1. The van der Waals surface area contributed by atoms with E-state index in [1.807, 2.05) is 0 Å². The van der Waals surface area contributed by atoms with Gasteiger partial charge in [-0.1, -0.05) is 30.5 Å². The fourth-order valence-electron chi connectivity index (χ4n) is 0.780. The zero-order valence-electron chi connectivity index (χ0n) is 5.64. The summed E-state index contributed by atoms with van der Waals surface area (Å²) in [6.45, 7) is 0.328. The van der Waals surface area contributed by atoms with Crippen molar-refractivity contribution < 1.29 is 4.39 Å². The van der Waals surface area contributed by atoms with Crippen LogP contribution in [0.2, 0.25) is 5.02 Å². The Morgan fingerprint density at radius 2 is 2.27 bits per heavy atom. The highest BCUT2D eigenvalue weighted by molar-refractivity contribution is 7.78. The lowest BCUT2D eigenvalue weighted by Gasteiger charge is -2.02. The fraction of sp³-hybridized carbons (Fsp3) is 0.143. The van der Waals surface area contributed by atoms with Crippen LogP contribution in [0.1, 0.15) is 5.56 Å². The van der Waals surface area contributed by atoms with Gasteiger partial charge in [0.2, 0.25) is 0 Å². The van der Waals surface area contributed by atoms with Gasteiger partial charge < -0.3 is 0 Å². The van der Waals surface area contributed by atoms with Crippen LogP contribution in [0.15, 0.2) is 18.2 Å². The summed E-state index contributed by atoms with van der Waals surface area (Å²) in [7, 11) is 0. The Balaban J connectivity index is 3.00. The van der Waals surface area contributed by atoms with Crippen molar-refractivity contribution in [3.8, 4) is 0 Å². The van der Waals surface area contributed by atoms with Gasteiger partial charge in [0.25, 0.3) is 0 Å². The summed E-state index contributed by atoms with van der Waals surface area (Å²) in [6, 6.07) is 4.58. The zero-order chi connectivity index (χ0) is 8.27. The largest absolute Gasteiger partial charge is 0.262 e. The Morgan fingerprint density at radius 1 is 1.55 bits per heavy atom. The molecule has 0 aliphatic heterocycles.